The van der Waals surface area contributed by atoms with Crippen molar-refractivity contribution < 1.29 is 23.9 Å². The molecule has 2 aliphatic carbocycles. The Labute approximate surface area is 150 Å². The molecular weight excluding hydrogens is 336 g/mol. The lowest BCUT2D eigenvalue weighted by atomic mass is 9.85. The maximum absolute atomic E-state index is 12.5. The van der Waals surface area contributed by atoms with Crippen LogP contribution in [0.4, 0.5) is 5.69 Å². The van der Waals surface area contributed by atoms with Crippen LogP contribution in [0.5, 0.6) is 5.75 Å². The summed E-state index contributed by atoms with van der Waals surface area (Å²) in [4.78, 5) is 49.3. The standard InChI is InChI=1S/C19H18N2O5/c1-10(22)20-13-4-6-14(7-5-13)26-15(23)9-21-18(24)16-11-2-3-12(8-11)17(16)19(21)25/h2-7,11-12,16-17H,8-9H2,1H3,(H,20,22)/t11-,12-,16-,17+/m0/s1. The van der Waals surface area contributed by atoms with Gasteiger partial charge in [-0.3, -0.25) is 19.3 Å². The molecule has 1 N–H and O–H groups in total. The first-order valence-corrected chi connectivity index (χ1v) is 8.56. The van der Waals surface area contributed by atoms with Gasteiger partial charge in [0.05, 0.1) is 11.8 Å². The van der Waals surface area contributed by atoms with E-state index in [2.05, 4.69) is 5.32 Å². The van der Waals surface area contributed by atoms with Crippen molar-refractivity contribution in [3.63, 3.8) is 0 Å². The normalized spacial score (nSPS) is 28.4. The Morgan fingerprint density at radius 3 is 2.19 bits per heavy atom. The number of nitrogens with zero attached hydrogens (tertiary/aromatic N) is 1. The Morgan fingerprint density at radius 1 is 1.08 bits per heavy atom. The Kier molecular flexibility index (Phi) is 3.86. The number of hydrogen-bond donors (Lipinski definition) is 1. The fourth-order valence-corrected chi connectivity index (χ4v) is 4.22. The Bertz CT molecular complexity index is 799. The zero-order chi connectivity index (χ0) is 18.4. The zero-order valence-electron chi connectivity index (χ0n) is 14.2. The first kappa shape index (κ1) is 16.5. The van der Waals surface area contributed by atoms with Gasteiger partial charge >= 0.3 is 5.97 Å². The Balaban J connectivity index is 1.39. The minimum atomic E-state index is -0.667. The van der Waals surface area contributed by atoms with Crippen molar-refractivity contribution in [2.24, 2.45) is 23.7 Å². The number of anilines is 1. The second kappa shape index (κ2) is 6.09. The molecule has 1 aromatic rings. The smallest absolute Gasteiger partial charge is 0.331 e. The largest absolute Gasteiger partial charge is 0.425 e. The summed E-state index contributed by atoms with van der Waals surface area (Å²) in [5, 5.41) is 2.61. The summed E-state index contributed by atoms with van der Waals surface area (Å²) in [5.41, 5.74) is 0.581. The van der Waals surface area contributed by atoms with E-state index < -0.39 is 5.97 Å². The Hall–Kier alpha value is -2.96. The van der Waals surface area contributed by atoms with Gasteiger partial charge in [-0.1, -0.05) is 12.2 Å². The van der Waals surface area contributed by atoms with E-state index in [0.29, 0.717) is 5.69 Å². The highest BCUT2D eigenvalue weighted by Gasteiger charge is 2.59. The number of allylic oxidation sites excluding steroid dienone is 2. The number of ether oxygens (including phenoxy) is 1. The summed E-state index contributed by atoms with van der Waals surface area (Å²) < 4.78 is 5.21. The number of carbonyl (C=O) groups excluding carboxylic acids is 4. The van der Waals surface area contributed by atoms with Crippen LogP contribution in [0, 0.1) is 23.7 Å². The molecule has 1 aliphatic heterocycles. The zero-order valence-corrected chi connectivity index (χ0v) is 14.2. The molecule has 2 fully saturated rings. The van der Waals surface area contributed by atoms with Crippen LogP contribution in [0.2, 0.25) is 0 Å². The van der Waals surface area contributed by atoms with Gasteiger partial charge in [0.15, 0.2) is 0 Å². The van der Waals surface area contributed by atoms with Crippen molar-refractivity contribution in [2.45, 2.75) is 13.3 Å². The molecule has 0 radical (unpaired) electrons. The van der Waals surface area contributed by atoms with Crippen molar-refractivity contribution in [3.05, 3.63) is 36.4 Å². The molecule has 1 saturated carbocycles. The van der Waals surface area contributed by atoms with Crippen molar-refractivity contribution in [3.8, 4) is 5.75 Å². The molecule has 2 bridgehead atoms. The van der Waals surface area contributed by atoms with Crippen LogP contribution >= 0.6 is 0 Å². The van der Waals surface area contributed by atoms with E-state index in [-0.39, 0.29) is 53.7 Å². The molecule has 0 spiro atoms. The molecule has 26 heavy (non-hydrogen) atoms. The lowest BCUT2D eigenvalue weighted by Gasteiger charge is -2.16. The number of rotatable bonds is 4. The summed E-state index contributed by atoms with van der Waals surface area (Å²) in [7, 11) is 0. The number of carbonyl (C=O) groups is 4. The third-order valence-electron chi connectivity index (χ3n) is 5.26. The van der Waals surface area contributed by atoms with Crippen LogP contribution in [0.3, 0.4) is 0 Å². The monoisotopic (exact) mass is 354 g/mol. The average Bonchev–Trinajstić information content (AvgIpc) is 3.26. The average molecular weight is 354 g/mol. The van der Waals surface area contributed by atoms with Crippen LogP contribution in [0.15, 0.2) is 36.4 Å². The molecule has 3 amide bonds. The number of amides is 3. The quantitative estimate of drug-likeness (QED) is 0.381. The van der Waals surface area contributed by atoms with Gasteiger partial charge < -0.3 is 10.1 Å². The maximum atomic E-state index is 12.5. The number of likely N-dealkylation sites (tertiary alicyclic amines) is 1. The number of fused-ring (bicyclic) bond motifs is 5. The van der Waals surface area contributed by atoms with Gasteiger partial charge in [0.2, 0.25) is 17.7 Å². The van der Waals surface area contributed by atoms with Crippen molar-refractivity contribution in [1.29, 1.82) is 0 Å². The summed E-state index contributed by atoms with van der Waals surface area (Å²) in [6.07, 6.45) is 4.87. The van der Waals surface area contributed by atoms with Crippen LogP contribution in [-0.2, 0) is 19.2 Å². The van der Waals surface area contributed by atoms with Gasteiger partial charge in [-0.2, -0.15) is 0 Å². The van der Waals surface area contributed by atoms with Crippen LogP contribution in [-0.4, -0.2) is 35.1 Å². The maximum Gasteiger partial charge on any atom is 0.331 e. The second-order valence-electron chi connectivity index (χ2n) is 6.94. The molecule has 7 heteroatoms. The molecule has 7 nitrogen and oxygen atoms in total. The van der Waals surface area contributed by atoms with Crippen LogP contribution in [0.1, 0.15) is 13.3 Å². The van der Waals surface area contributed by atoms with Crippen molar-refractivity contribution in [2.75, 3.05) is 11.9 Å². The summed E-state index contributed by atoms with van der Waals surface area (Å²) >= 11 is 0. The van der Waals surface area contributed by atoms with Gasteiger partial charge in [0.25, 0.3) is 0 Å². The number of imide groups is 1. The predicted molar refractivity (Wildman–Crippen MR) is 90.8 cm³/mol. The lowest BCUT2D eigenvalue weighted by Crippen LogP contribution is -2.38. The van der Waals surface area contributed by atoms with E-state index in [4.69, 9.17) is 4.74 Å². The number of benzene rings is 1. The molecule has 1 saturated heterocycles. The van der Waals surface area contributed by atoms with Gasteiger partial charge in [-0.15, -0.1) is 0 Å². The van der Waals surface area contributed by atoms with Crippen molar-refractivity contribution >= 4 is 29.4 Å². The fraction of sp³-hybridized carbons (Fsp3) is 0.368. The van der Waals surface area contributed by atoms with Gasteiger partial charge in [0, 0.05) is 12.6 Å². The number of esters is 1. The van der Waals surface area contributed by atoms with Crippen molar-refractivity contribution in [1.82, 2.24) is 4.90 Å². The lowest BCUT2D eigenvalue weighted by molar-refractivity contribution is -0.148. The molecule has 134 valence electrons. The van der Waals surface area contributed by atoms with Gasteiger partial charge in [-0.05, 0) is 42.5 Å². The van der Waals surface area contributed by atoms with Gasteiger partial charge in [0.1, 0.15) is 12.3 Å². The third-order valence-corrected chi connectivity index (χ3v) is 5.26. The minimum Gasteiger partial charge on any atom is -0.425 e. The fourth-order valence-electron chi connectivity index (χ4n) is 4.22. The molecule has 0 aromatic heterocycles. The molecule has 0 unspecified atom stereocenters. The SMILES string of the molecule is CC(=O)Nc1ccc(OC(=O)CN2C(=O)[C@@H]3[C@H](C2=O)[C@H]2C=C[C@H]3C2)cc1. The molecular formula is C19H18N2O5. The molecule has 4 rings (SSSR count). The number of hydrogen-bond acceptors (Lipinski definition) is 5. The molecule has 4 atom stereocenters. The van der Waals surface area contributed by atoms with Crippen LogP contribution < -0.4 is 10.1 Å². The predicted octanol–water partition coefficient (Wildman–Crippen LogP) is 1.36. The van der Waals surface area contributed by atoms with Crippen LogP contribution in [0.25, 0.3) is 0 Å². The number of nitrogens with one attached hydrogen (secondary N) is 1. The topological polar surface area (TPSA) is 92.8 Å². The van der Waals surface area contributed by atoms with E-state index in [0.717, 1.165) is 11.3 Å². The highest BCUT2D eigenvalue weighted by Crippen LogP contribution is 2.52. The van der Waals surface area contributed by atoms with E-state index in [9.17, 15) is 19.2 Å². The summed E-state index contributed by atoms with van der Waals surface area (Å²) in [6, 6.07) is 6.28. The summed E-state index contributed by atoms with van der Waals surface area (Å²) in [5.74, 6) is -1.53. The van der Waals surface area contributed by atoms with E-state index in [1.54, 1.807) is 12.1 Å². The minimum absolute atomic E-state index is 0.115. The second-order valence-corrected chi connectivity index (χ2v) is 6.94. The van der Waals surface area contributed by atoms with E-state index in [1.165, 1.54) is 19.1 Å². The molecule has 1 heterocycles. The van der Waals surface area contributed by atoms with E-state index >= 15 is 0 Å². The van der Waals surface area contributed by atoms with Gasteiger partial charge in [-0.25, -0.2) is 4.79 Å². The molecule has 3 aliphatic rings. The van der Waals surface area contributed by atoms with E-state index in [1.807, 2.05) is 12.2 Å². The first-order valence-electron chi connectivity index (χ1n) is 8.56. The highest BCUT2D eigenvalue weighted by molar-refractivity contribution is 6.08. The first-order chi connectivity index (χ1) is 12.4. The molecule has 1 aromatic carbocycles. The highest BCUT2D eigenvalue weighted by atomic mass is 16.5. The Morgan fingerprint density at radius 2 is 1.65 bits per heavy atom. The summed E-state index contributed by atoms with van der Waals surface area (Å²) in [6.45, 7) is 1.02. The third kappa shape index (κ3) is 2.69.